The summed E-state index contributed by atoms with van der Waals surface area (Å²) in [6, 6.07) is 0.768. The van der Waals surface area contributed by atoms with Crippen molar-refractivity contribution >= 4 is 25.7 Å². The van der Waals surface area contributed by atoms with Gasteiger partial charge in [0, 0.05) is 38.0 Å². The Bertz CT molecular complexity index is 391. The van der Waals surface area contributed by atoms with Gasteiger partial charge in [-0.25, -0.2) is 5.48 Å². The van der Waals surface area contributed by atoms with Crippen LogP contribution in [0.5, 0.6) is 0 Å². The van der Waals surface area contributed by atoms with E-state index in [4.69, 9.17) is 13.4 Å². The van der Waals surface area contributed by atoms with Crippen molar-refractivity contribution in [3.05, 3.63) is 0 Å². The number of hydrogen-bond acceptors (Lipinski definition) is 6. The SMILES string of the molecule is CCCCCCCC(=O)SCCC[Si]1(OCC)OCCC(CCCC)CNO1. The van der Waals surface area contributed by atoms with Crippen molar-refractivity contribution in [2.75, 3.05) is 25.5 Å². The van der Waals surface area contributed by atoms with Crippen molar-refractivity contribution in [2.45, 2.75) is 97.4 Å². The Kier molecular flexibility index (Phi) is 15.7. The highest BCUT2D eigenvalue weighted by Crippen LogP contribution is 2.24. The van der Waals surface area contributed by atoms with Crippen LogP contribution in [0.2, 0.25) is 6.04 Å². The molecule has 0 aliphatic carbocycles. The van der Waals surface area contributed by atoms with E-state index in [0.717, 1.165) is 37.6 Å². The fraction of sp³-hybridized carbons (Fsp3) is 0.952. The van der Waals surface area contributed by atoms with Crippen molar-refractivity contribution in [1.29, 1.82) is 0 Å². The predicted octanol–water partition coefficient (Wildman–Crippen LogP) is 5.72. The number of carbonyl (C=O) groups excluding carboxylic acids is 1. The third-order valence-corrected chi connectivity index (χ3v) is 8.97. The minimum absolute atomic E-state index is 0.319. The van der Waals surface area contributed by atoms with Gasteiger partial charge in [0.05, 0.1) is 0 Å². The maximum absolute atomic E-state index is 12.0. The van der Waals surface area contributed by atoms with Gasteiger partial charge in [0.15, 0.2) is 5.12 Å². The number of rotatable bonds is 15. The van der Waals surface area contributed by atoms with Gasteiger partial charge < -0.3 is 8.85 Å². The molecule has 28 heavy (non-hydrogen) atoms. The Morgan fingerprint density at radius 2 is 1.89 bits per heavy atom. The van der Waals surface area contributed by atoms with E-state index >= 15 is 0 Å². The molecule has 1 N–H and O–H groups in total. The van der Waals surface area contributed by atoms with E-state index in [9.17, 15) is 4.79 Å². The summed E-state index contributed by atoms with van der Waals surface area (Å²) in [6.07, 6.45) is 12.3. The van der Waals surface area contributed by atoms with Crippen LogP contribution in [0, 0.1) is 5.92 Å². The third kappa shape index (κ3) is 11.9. The van der Waals surface area contributed by atoms with Crippen LogP contribution in [0.1, 0.15) is 91.4 Å². The second-order valence-electron chi connectivity index (χ2n) is 7.70. The summed E-state index contributed by atoms with van der Waals surface area (Å²) >= 11 is 1.46. The lowest BCUT2D eigenvalue weighted by Crippen LogP contribution is -2.52. The Labute approximate surface area is 178 Å². The summed E-state index contributed by atoms with van der Waals surface area (Å²) in [4.78, 5) is 12.0. The monoisotopic (exact) mass is 433 g/mol. The van der Waals surface area contributed by atoms with Gasteiger partial charge in [0.2, 0.25) is 0 Å². The highest BCUT2D eigenvalue weighted by molar-refractivity contribution is 8.13. The molecule has 0 saturated carbocycles. The Balaban J connectivity index is 2.27. The first-order valence-corrected chi connectivity index (χ1v) is 14.4. The lowest BCUT2D eigenvalue weighted by Gasteiger charge is -2.33. The van der Waals surface area contributed by atoms with E-state index in [-0.39, 0.29) is 0 Å². The highest BCUT2D eigenvalue weighted by Gasteiger charge is 2.42. The van der Waals surface area contributed by atoms with Crippen LogP contribution in [0.3, 0.4) is 0 Å². The number of hydroxylamine groups is 1. The first-order valence-electron chi connectivity index (χ1n) is 11.5. The van der Waals surface area contributed by atoms with E-state index in [0.29, 0.717) is 30.7 Å². The van der Waals surface area contributed by atoms with E-state index in [1.165, 1.54) is 56.7 Å². The zero-order chi connectivity index (χ0) is 20.5. The molecule has 1 heterocycles. The largest absolute Gasteiger partial charge is 0.517 e. The summed E-state index contributed by atoms with van der Waals surface area (Å²) in [5.74, 6) is 1.43. The molecule has 0 spiro atoms. The van der Waals surface area contributed by atoms with Gasteiger partial charge in [-0.15, -0.1) is 0 Å². The molecular weight excluding hydrogens is 390 g/mol. The molecule has 1 aliphatic heterocycles. The second-order valence-corrected chi connectivity index (χ2v) is 11.5. The van der Waals surface area contributed by atoms with Gasteiger partial charge in [-0.3, -0.25) is 9.32 Å². The number of thioether (sulfide) groups is 1. The average molecular weight is 434 g/mol. The maximum Gasteiger partial charge on any atom is 0.517 e. The standard InChI is InChI=1S/C21H43NO4SSi/c1-4-7-9-10-11-14-21(23)27-17-12-18-28(24-6-3)25-16-15-20(13-8-5-2)19-22-26-28/h20,22H,4-19H2,1-3H3. The molecule has 2 unspecified atom stereocenters. The minimum atomic E-state index is -2.67. The topological polar surface area (TPSA) is 56.8 Å². The van der Waals surface area contributed by atoms with Gasteiger partial charge in [-0.05, 0) is 38.5 Å². The average Bonchev–Trinajstić information content (AvgIpc) is 2.67. The predicted molar refractivity (Wildman–Crippen MR) is 120 cm³/mol. The molecule has 166 valence electrons. The number of unbranched alkanes of at least 4 members (excludes halogenated alkanes) is 5. The van der Waals surface area contributed by atoms with Crippen LogP contribution in [-0.2, 0) is 18.2 Å². The zero-order valence-corrected chi connectivity index (χ0v) is 20.2. The molecule has 1 fully saturated rings. The van der Waals surface area contributed by atoms with Crippen LogP contribution in [0.15, 0.2) is 0 Å². The molecule has 1 saturated heterocycles. The molecule has 0 aromatic heterocycles. The number of carbonyl (C=O) groups is 1. The van der Waals surface area contributed by atoms with Crippen LogP contribution >= 0.6 is 11.8 Å². The lowest BCUT2D eigenvalue weighted by molar-refractivity contribution is -0.111. The third-order valence-electron chi connectivity index (χ3n) is 5.15. The lowest BCUT2D eigenvalue weighted by atomic mass is 9.99. The maximum atomic E-state index is 12.0. The molecule has 0 radical (unpaired) electrons. The molecule has 1 aliphatic rings. The van der Waals surface area contributed by atoms with Crippen LogP contribution in [0.25, 0.3) is 0 Å². The smallest absolute Gasteiger partial charge is 0.373 e. The normalized spacial score (nSPS) is 23.3. The van der Waals surface area contributed by atoms with Crippen LogP contribution in [0.4, 0.5) is 0 Å². The van der Waals surface area contributed by atoms with Gasteiger partial charge in [-0.1, -0.05) is 64.1 Å². The van der Waals surface area contributed by atoms with E-state index in [1.807, 2.05) is 6.92 Å². The summed E-state index contributed by atoms with van der Waals surface area (Å²) in [5.41, 5.74) is 3.15. The highest BCUT2D eigenvalue weighted by atomic mass is 32.2. The minimum Gasteiger partial charge on any atom is -0.373 e. The zero-order valence-electron chi connectivity index (χ0n) is 18.4. The van der Waals surface area contributed by atoms with Crippen molar-refractivity contribution < 1.29 is 18.2 Å². The van der Waals surface area contributed by atoms with Crippen molar-refractivity contribution in [3.8, 4) is 0 Å². The molecule has 0 aromatic rings. The quantitative estimate of drug-likeness (QED) is 0.263. The number of nitrogens with one attached hydrogen (secondary N) is 1. The molecule has 5 nitrogen and oxygen atoms in total. The summed E-state index contributed by atoms with van der Waals surface area (Å²) in [5, 5.41) is 0.319. The fourth-order valence-electron chi connectivity index (χ4n) is 3.43. The first kappa shape index (κ1) is 26.1. The van der Waals surface area contributed by atoms with Gasteiger partial charge >= 0.3 is 8.80 Å². The second kappa shape index (κ2) is 16.8. The Morgan fingerprint density at radius 1 is 1.11 bits per heavy atom. The van der Waals surface area contributed by atoms with Crippen molar-refractivity contribution in [1.82, 2.24) is 5.48 Å². The van der Waals surface area contributed by atoms with Gasteiger partial charge in [0.25, 0.3) is 0 Å². The van der Waals surface area contributed by atoms with Crippen molar-refractivity contribution in [3.63, 3.8) is 0 Å². The summed E-state index contributed by atoms with van der Waals surface area (Å²) in [6.45, 7) is 8.61. The molecule has 0 aromatic carbocycles. The summed E-state index contributed by atoms with van der Waals surface area (Å²) in [7, 11) is -2.67. The molecular formula is C21H43NO4SSi. The number of hydrogen-bond donors (Lipinski definition) is 1. The first-order chi connectivity index (χ1) is 13.7. The van der Waals surface area contributed by atoms with E-state index in [1.54, 1.807) is 0 Å². The summed E-state index contributed by atoms with van der Waals surface area (Å²) < 4.78 is 18.1. The Morgan fingerprint density at radius 3 is 2.64 bits per heavy atom. The van der Waals surface area contributed by atoms with Crippen molar-refractivity contribution in [2.24, 2.45) is 5.92 Å². The molecule has 1 rings (SSSR count). The Hall–Kier alpha value is 0.0769. The molecule has 2 atom stereocenters. The van der Waals surface area contributed by atoms with E-state index in [2.05, 4.69) is 19.3 Å². The molecule has 0 bridgehead atoms. The van der Waals surface area contributed by atoms with Gasteiger partial charge in [-0.2, -0.15) is 0 Å². The van der Waals surface area contributed by atoms with Gasteiger partial charge in [0.1, 0.15) is 0 Å². The van der Waals surface area contributed by atoms with Crippen LogP contribution < -0.4 is 5.48 Å². The van der Waals surface area contributed by atoms with Crippen LogP contribution in [-0.4, -0.2) is 39.4 Å². The van der Waals surface area contributed by atoms with E-state index < -0.39 is 8.80 Å². The fourth-order valence-corrected chi connectivity index (χ4v) is 6.86. The molecule has 0 amide bonds. The molecule has 7 heteroatoms.